The van der Waals surface area contributed by atoms with Crippen molar-refractivity contribution in [2.24, 2.45) is 0 Å². The molecule has 1 N–H and O–H groups in total. The molecule has 1 aliphatic rings. The molecule has 3 rings (SSSR count). The molecular weight excluding hydrogens is 352 g/mol. The van der Waals surface area contributed by atoms with Crippen molar-refractivity contribution in [1.29, 1.82) is 0 Å². The second kappa shape index (κ2) is 8.66. The van der Waals surface area contributed by atoms with E-state index < -0.39 is 6.61 Å². The minimum Gasteiger partial charge on any atom is -0.493 e. The fourth-order valence-corrected chi connectivity index (χ4v) is 3.28. The van der Waals surface area contributed by atoms with Gasteiger partial charge in [0.15, 0.2) is 11.5 Å². The van der Waals surface area contributed by atoms with Crippen molar-refractivity contribution < 1.29 is 23.0 Å². The third-order valence-electron chi connectivity index (χ3n) is 4.52. The highest BCUT2D eigenvalue weighted by Crippen LogP contribution is 2.31. The summed E-state index contributed by atoms with van der Waals surface area (Å²) in [4.78, 5) is 12.3. The fraction of sp³-hybridized carbons (Fsp3) is 0.286. The van der Waals surface area contributed by atoms with Gasteiger partial charge in [-0.05, 0) is 54.2 Å². The first-order valence-electron chi connectivity index (χ1n) is 8.76. The number of hydrogen-bond donors (Lipinski definition) is 1. The van der Waals surface area contributed by atoms with Gasteiger partial charge < -0.3 is 14.8 Å². The average molecular weight is 373 g/mol. The molecule has 0 aliphatic heterocycles. The largest absolute Gasteiger partial charge is 0.493 e. The van der Waals surface area contributed by atoms with Gasteiger partial charge in [-0.2, -0.15) is 8.78 Å². The molecule has 0 fully saturated rings. The summed E-state index contributed by atoms with van der Waals surface area (Å²) in [5, 5.41) is 3.03. The van der Waals surface area contributed by atoms with Crippen molar-refractivity contribution in [2.45, 2.75) is 31.9 Å². The molecule has 0 bridgehead atoms. The number of ether oxygens (including phenoxy) is 2. The Morgan fingerprint density at radius 1 is 1.22 bits per heavy atom. The summed E-state index contributed by atoms with van der Waals surface area (Å²) in [5.41, 5.74) is 3.09. The summed E-state index contributed by atoms with van der Waals surface area (Å²) in [6.45, 7) is -2.93. The lowest BCUT2D eigenvalue weighted by Crippen LogP contribution is -2.29. The maximum absolute atomic E-state index is 12.4. The summed E-state index contributed by atoms with van der Waals surface area (Å²) in [7, 11) is 1.37. The van der Waals surface area contributed by atoms with E-state index in [4.69, 9.17) is 4.74 Å². The SMILES string of the molecule is COc1cc(/C=C/C(=O)N[C@H]2CCCc3ccccc32)ccc1OC(F)F. The molecule has 0 unspecified atom stereocenters. The normalized spacial score (nSPS) is 16.2. The number of amides is 1. The maximum Gasteiger partial charge on any atom is 0.387 e. The molecule has 0 spiro atoms. The molecule has 1 aliphatic carbocycles. The van der Waals surface area contributed by atoms with Gasteiger partial charge in [0.05, 0.1) is 13.2 Å². The van der Waals surface area contributed by atoms with Gasteiger partial charge in [-0.15, -0.1) is 0 Å². The monoisotopic (exact) mass is 373 g/mol. The van der Waals surface area contributed by atoms with Crippen LogP contribution in [-0.2, 0) is 11.2 Å². The molecule has 0 radical (unpaired) electrons. The van der Waals surface area contributed by atoms with Crippen LogP contribution >= 0.6 is 0 Å². The Labute approximate surface area is 156 Å². The molecule has 142 valence electrons. The molecule has 6 heteroatoms. The molecule has 2 aromatic rings. The van der Waals surface area contributed by atoms with Crippen molar-refractivity contribution in [2.75, 3.05) is 7.11 Å². The first kappa shape index (κ1) is 18.9. The Morgan fingerprint density at radius 2 is 2.04 bits per heavy atom. The Bertz CT molecular complexity index is 836. The number of alkyl halides is 2. The zero-order valence-corrected chi connectivity index (χ0v) is 15.0. The molecular formula is C21H21F2NO3. The van der Waals surface area contributed by atoms with Crippen LogP contribution in [-0.4, -0.2) is 19.6 Å². The zero-order chi connectivity index (χ0) is 19.2. The van der Waals surface area contributed by atoms with Gasteiger partial charge in [0.25, 0.3) is 0 Å². The Hall–Kier alpha value is -2.89. The smallest absolute Gasteiger partial charge is 0.387 e. The fourth-order valence-electron chi connectivity index (χ4n) is 3.28. The average Bonchev–Trinajstić information content (AvgIpc) is 2.67. The van der Waals surface area contributed by atoms with E-state index >= 15 is 0 Å². The predicted octanol–water partition coefficient (Wildman–Crippen LogP) is 4.50. The van der Waals surface area contributed by atoms with Gasteiger partial charge in [0.2, 0.25) is 5.91 Å². The lowest BCUT2D eigenvalue weighted by atomic mass is 9.88. The Morgan fingerprint density at radius 3 is 2.81 bits per heavy atom. The number of hydrogen-bond acceptors (Lipinski definition) is 3. The second-order valence-electron chi connectivity index (χ2n) is 6.27. The highest BCUT2D eigenvalue weighted by molar-refractivity contribution is 5.92. The molecule has 0 saturated carbocycles. The highest BCUT2D eigenvalue weighted by Gasteiger charge is 2.20. The molecule has 1 amide bonds. The van der Waals surface area contributed by atoms with Crippen LogP contribution in [0.1, 0.15) is 35.6 Å². The van der Waals surface area contributed by atoms with Crippen molar-refractivity contribution >= 4 is 12.0 Å². The van der Waals surface area contributed by atoms with Gasteiger partial charge in [-0.1, -0.05) is 30.3 Å². The van der Waals surface area contributed by atoms with E-state index in [1.807, 2.05) is 12.1 Å². The molecule has 0 aromatic heterocycles. The van der Waals surface area contributed by atoms with Crippen LogP contribution in [0.15, 0.2) is 48.5 Å². The standard InChI is InChI=1S/C21H21F2NO3/c1-26-19-13-14(9-11-18(19)27-21(22)23)10-12-20(25)24-17-8-4-6-15-5-2-3-7-16(15)17/h2-3,5,7,9-13,17,21H,4,6,8H2,1H3,(H,24,25)/b12-10+/t17-/m0/s1. The molecule has 4 nitrogen and oxygen atoms in total. The summed E-state index contributed by atoms with van der Waals surface area (Å²) < 4.78 is 34.2. The van der Waals surface area contributed by atoms with Crippen molar-refractivity contribution in [3.8, 4) is 11.5 Å². The van der Waals surface area contributed by atoms with E-state index in [0.717, 1.165) is 19.3 Å². The number of benzene rings is 2. The first-order valence-corrected chi connectivity index (χ1v) is 8.76. The van der Waals surface area contributed by atoms with Crippen molar-refractivity contribution in [1.82, 2.24) is 5.32 Å². The van der Waals surface area contributed by atoms with E-state index in [1.54, 1.807) is 12.1 Å². The van der Waals surface area contributed by atoms with Gasteiger partial charge in [-0.3, -0.25) is 4.79 Å². The number of methoxy groups -OCH3 is 1. The minimum atomic E-state index is -2.93. The molecule has 0 heterocycles. The Kier molecular flexibility index (Phi) is 6.06. The maximum atomic E-state index is 12.4. The number of aryl methyl sites for hydroxylation is 1. The zero-order valence-electron chi connectivity index (χ0n) is 15.0. The van der Waals surface area contributed by atoms with Gasteiger partial charge in [0, 0.05) is 6.08 Å². The van der Waals surface area contributed by atoms with Crippen LogP contribution < -0.4 is 14.8 Å². The topological polar surface area (TPSA) is 47.6 Å². The quantitative estimate of drug-likeness (QED) is 0.758. The van der Waals surface area contributed by atoms with E-state index in [2.05, 4.69) is 22.2 Å². The van der Waals surface area contributed by atoms with E-state index in [9.17, 15) is 13.6 Å². The van der Waals surface area contributed by atoms with Gasteiger partial charge >= 0.3 is 6.61 Å². The number of carbonyl (C=O) groups excluding carboxylic acids is 1. The van der Waals surface area contributed by atoms with Crippen molar-refractivity contribution in [3.05, 3.63) is 65.2 Å². The number of nitrogens with one attached hydrogen (secondary N) is 1. The third kappa shape index (κ3) is 4.84. The summed E-state index contributed by atoms with van der Waals surface area (Å²) in [6.07, 6.45) is 6.02. The van der Waals surface area contributed by atoms with Gasteiger partial charge in [-0.25, -0.2) is 0 Å². The summed E-state index contributed by atoms with van der Waals surface area (Å²) >= 11 is 0. The van der Waals surface area contributed by atoms with Crippen LogP contribution in [0, 0.1) is 0 Å². The lowest BCUT2D eigenvalue weighted by molar-refractivity contribution is -0.117. The summed E-state index contributed by atoms with van der Waals surface area (Å²) in [6, 6.07) is 12.7. The first-order chi connectivity index (χ1) is 13.1. The van der Waals surface area contributed by atoms with Crippen LogP contribution in [0.5, 0.6) is 11.5 Å². The van der Waals surface area contributed by atoms with Crippen LogP contribution in [0.2, 0.25) is 0 Å². The van der Waals surface area contributed by atoms with Crippen LogP contribution in [0.3, 0.4) is 0 Å². The van der Waals surface area contributed by atoms with E-state index in [1.165, 1.54) is 36.4 Å². The van der Waals surface area contributed by atoms with E-state index in [-0.39, 0.29) is 23.4 Å². The van der Waals surface area contributed by atoms with Gasteiger partial charge in [0.1, 0.15) is 0 Å². The second-order valence-corrected chi connectivity index (χ2v) is 6.27. The molecule has 2 aromatic carbocycles. The lowest BCUT2D eigenvalue weighted by Gasteiger charge is -2.25. The number of rotatable bonds is 6. The van der Waals surface area contributed by atoms with Crippen molar-refractivity contribution in [3.63, 3.8) is 0 Å². The van der Waals surface area contributed by atoms with Crippen LogP contribution in [0.4, 0.5) is 8.78 Å². The molecule has 27 heavy (non-hydrogen) atoms. The summed E-state index contributed by atoms with van der Waals surface area (Å²) in [5.74, 6) is -0.0736. The molecule has 1 atom stereocenters. The van der Waals surface area contributed by atoms with E-state index in [0.29, 0.717) is 5.56 Å². The number of carbonyl (C=O) groups is 1. The minimum absolute atomic E-state index is 0.00320. The number of halogens is 2. The molecule has 0 saturated heterocycles. The predicted molar refractivity (Wildman–Crippen MR) is 98.9 cm³/mol. The third-order valence-corrected chi connectivity index (χ3v) is 4.52. The number of fused-ring (bicyclic) bond motifs is 1. The highest BCUT2D eigenvalue weighted by atomic mass is 19.3. The Balaban J connectivity index is 1.67. The van der Waals surface area contributed by atoms with Crippen LogP contribution in [0.25, 0.3) is 6.08 Å².